The fourth-order valence-corrected chi connectivity index (χ4v) is 5.87. The number of fused-ring (bicyclic) bond motifs is 4. The van der Waals surface area contributed by atoms with E-state index >= 15 is 0 Å². The Morgan fingerprint density at radius 1 is 0.923 bits per heavy atom. The first-order chi connectivity index (χ1) is 18.5. The molecule has 4 bridgehead atoms. The lowest BCUT2D eigenvalue weighted by atomic mass is 9.88. The smallest absolute Gasteiger partial charge is 0.264 e. The molecule has 1 atom stereocenters. The normalized spacial score (nSPS) is 16.6. The Hall–Kier alpha value is -3.91. The third-order valence-corrected chi connectivity index (χ3v) is 7.98. The number of aromatic nitrogens is 2. The summed E-state index contributed by atoms with van der Waals surface area (Å²) in [7, 11) is -3.92. The molecule has 4 aromatic rings. The molecule has 0 saturated heterocycles. The van der Waals surface area contributed by atoms with Gasteiger partial charge in [-0.25, -0.2) is 18.1 Å². The molecule has 7 nitrogen and oxygen atoms in total. The number of nitrogens with zero attached hydrogens (tertiary/aromatic N) is 2. The van der Waals surface area contributed by atoms with Gasteiger partial charge in [0.2, 0.25) is 11.8 Å². The van der Waals surface area contributed by atoms with Gasteiger partial charge in [-0.3, -0.25) is 0 Å². The zero-order chi connectivity index (χ0) is 27.8. The summed E-state index contributed by atoms with van der Waals surface area (Å²) in [6, 6.07) is 22.9. The maximum Gasteiger partial charge on any atom is 0.264 e. The molecule has 3 aromatic carbocycles. The molecule has 0 fully saturated rings. The number of rotatable bonds is 3. The van der Waals surface area contributed by atoms with Gasteiger partial charge in [0.25, 0.3) is 10.0 Å². The van der Waals surface area contributed by atoms with E-state index in [1.165, 1.54) is 5.56 Å². The first-order valence-corrected chi connectivity index (χ1v) is 14.5. The largest absolute Gasteiger partial charge is 0.467 e. The Morgan fingerprint density at radius 2 is 1.62 bits per heavy atom. The molecule has 202 valence electrons. The number of aryl methyl sites for hydroxylation is 2. The third kappa shape index (κ3) is 6.23. The Balaban J connectivity index is 1.61. The van der Waals surface area contributed by atoms with Crippen molar-refractivity contribution in [2.24, 2.45) is 5.41 Å². The molecule has 0 amide bonds. The molecule has 2 heterocycles. The van der Waals surface area contributed by atoms with Gasteiger partial charge in [-0.15, -0.1) is 0 Å². The van der Waals surface area contributed by atoms with Crippen LogP contribution in [0.4, 0.5) is 11.6 Å². The average Bonchev–Trinajstić information content (AvgIpc) is 2.85. The third-order valence-electron chi connectivity index (χ3n) is 6.65. The van der Waals surface area contributed by atoms with Gasteiger partial charge in [-0.1, -0.05) is 69.3 Å². The Morgan fingerprint density at radius 3 is 2.31 bits per heavy atom. The van der Waals surface area contributed by atoms with Crippen LogP contribution in [0.5, 0.6) is 5.88 Å². The van der Waals surface area contributed by atoms with Gasteiger partial charge in [0, 0.05) is 17.3 Å². The molecule has 8 heteroatoms. The maximum absolute atomic E-state index is 13.2. The van der Waals surface area contributed by atoms with Crippen molar-refractivity contribution < 1.29 is 13.2 Å². The monoisotopic (exact) mass is 542 g/mol. The molecule has 1 aromatic heterocycles. The molecular weight excluding hydrogens is 508 g/mol. The number of nitrogens with one attached hydrogen (secondary N) is 2. The van der Waals surface area contributed by atoms with Gasteiger partial charge in [0.15, 0.2) is 0 Å². The lowest BCUT2D eigenvalue weighted by Crippen LogP contribution is -2.21. The molecule has 0 radical (unpaired) electrons. The highest BCUT2D eigenvalue weighted by atomic mass is 32.2. The highest BCUT2D eigenvalue weighted by Crippen LogP contribution is 2.32. The van der Waals surface area contributed by atoms with E-state index in [9.17, 15) is 8.42 Å². The summed E-state index contributed by atoms with van der Waals surface area (Å²) in [6.45, 7) is 11.1. The molecule has 39 heavy (non-hydrogen) atoms. The van der Waals surface area contributed by atoms with Crippen molar-refractivity contribution in [1.29, 1.82) is 0 Å². The summed E-state index contributed by atoms with van der Waals surface area (Å²) < 4.78 is 35.5. The summed E-state index contributed by atoms with van der Waals surface area (Å²) in [5, 5.41) is 3.35. The molecule has 2 N–H and O–H groups in total. The van der Waals surface area contributed by atoms with Crippen LogP contribution in [-0.2, 0) is 16.4 Å². The minimum absolute atomic E-state index is 0.0386. The molecule has 1 aliphatic rings. The Bertz CT molecular complexity index is 1590. The summed E-state index contributed by atoms with van der Waals surface area (Å²) in [6.07, 6.45) is 0.584. The lowest BCUT2D eigenvalue weighted by molar-refractivity contribution is 0.210. The Labute approximate surface area is 230 Å². The zero-order valence-corrected chi connectivity index (χ0v) is 23.8. The quantitative estimate of drug-likeness (QED) is 0.299. The van der Waals surface area contributed by atoms with E-state index in [2.05, 4.69) is 65.0 Å². The molecule has 0 aliphatic carbocycles. The van der Waals surface area contributed by atoms with Gasteiger partial charge in [-0.2, -0.15) is 4.98 Å². The second-order valence-corrected chi connectivity index (χ2v) is 13.0. The first-order valence-electron chi connectivity index (χ1n) is 13.0. The van der Waals surface area contributed by atoms with Crippen LogP contribution in [0, 0.1) is 19.3 Å². The van der Waals surface area contributed by atoms with Crippen LogP contribution in [0.1, 0.15) is 49.1 Å². The standard InChI is InChI=1S/C31H34N4O3S/c1-20-8-6-9-21(2)29(20)26-17-28-34-30(33-26)35-39(36,37)25-11-7-10-24(16-25)32-19-27(38-28)23-14-12-22(13-15-23)18-31(3,4)5/h6-17,27,32H,18-19H2,1-5H3,(H,33,34,35). The van der Waals surface area contributed by atoms with E-state index in [-0.39, 0.29) is 28.2 Å². The zero-order valence-electron chi connectivity index (χ0n) is 22.9. The van der Waals surface area contributed by atoms with Crippen LogP contribution >= 0.6 is 0 Å². The van der Waals surface area contributed by atoms with Gasteiger partial charge >= 0.3 is 0 Å². The Kier molecular flexibility index (Phi) is 7.07. The first kappa shape index (κ1) is 26.7. The van der Waals surface area contributed by atoms with Crippen LogP contribution < -0.4 is 14.8 Å². The van der Waals surface area contributed by atoms with Crippen molar-refractivity contribution in [2.75, 3.05) is 16.6 Å². The number of hydrogen-bond acceptors (Lipinski definition) is 6. The van der Waals surface area contributed by atoms with E-state index < -0.39 is 10.0 Å². The minimum atomic E-state index is -3.92. The van der Waals surface area contributed by atoms with E-state index in [1.807, 2.05) is 38.1 Å². The van der Waals surface area contributed by atoms with Crippen molar-refractivity contribution in [1.82, 2.24) is 9.97 Å². The van der Waals surface area contributed by atoms with Gasteiger partial charge in [0.1, 0.15) is 6.10 Å². The average molecular weight is 543 g/mol. The number of ether oxygens (including phenoxy) is 1. The fraction of sp³-hybridized carbons (Fsp3) is 0.290. The summed E-state index contributed by atoms with van der Waals surface area (Å²) in [5.74, 6) is 0.249. The van der Waals surface area contributed by atoms with Crippen LogP contribution in [0.2, 0.25) is 0 Å². The van der Waals surface area contributed by atoms with Crippen LogP contribution in [0.3, 0.4) is 0 Å². The molecule has 0 spiro atoms. The highest BCUT2D eigenvalue weighted by molar-refractivity contribution is 7.92. The number of hydrogen-bond donors (Lipinski definition) is 2. The number of sulfonamides is 1. The van der Waals surface area contributed by atoms with Gasteiger partial charge in [-0.05, 0) is 66.1 Å². The lowest BCUT2D eigenvalue weighted by Gasteiger charge is -2.23. The number of anilines is 2. The number of benzene rings is 3. The van der Waals surface area contributed by atoms with Crippen molar-refractivity contribution >= 4 is 21.7 Å². The molecular formula is C31H34N4O3S. The van der Waals surface area contributed by atoms with Crippen LogP contribution in [0.25, 0.3) is 11.3 Å². The maximum atomic E-state index is 13.2. The van der Waals surface area contributed by atoms with E-state index in [0.717, 1.165) is 28.7 Å². The minimum Gasteiger partial charge on any atom is -0.467 e. The fourth-order valence-electron chi connectivity index (χ4n) is 4.88. The van der Waals surface area contributed by atoms with Crippen LogP contribution in [-0.4, -0.2) is 24.9 Å². The summed E-state index contributed by atoms with van der Waals surface area (Å²) >= 11 is 0. The van der Waals surface area contributed by atoms with Gasteiger partial charge < -0.3 is 10.1 Å². The molecule has 1 aliphatic heterocycles. The van der Waals surface area contributed by atoms with Gasteiger partial charge in [0.05, 0.1) is 17.1 Å². The van der Waals surface area contributed by atoms with Crippen molar-refractivity contribution in [3.8, 4) is 17.1 Å². The van der Waals surface area contributed by atoms with E-state index in [0.29, 0.717) is 17.9 Å². The predicted molar refractivity (Wildman–Crippen MR) is 156 cm³/mol. The van der Waals surface area contributed by atoms with Crippen molar-refractivity contribution in [3.63, 3.8) is 0 Å². The highest BCUT2D eigenvalue weighted by Gasteiger charge is 2.23. The summed E-state index contributed by atoms with van der Waals surface area (Å²) in [4.78, 5) is 9.21. The summed E-state index contributed by atoms with van der Waals surface area (Å²) in [5.41, 5.74) is 6.67. The topological polar surface area (TPSA) is 93.2 Å². The predicted octanol–water partition coefficient (Wildman–Crippen LogP) is 6.70. The van der Waals surface area contributed by atoms with Crippen molar-refractivity contribution in [2.45, 2.75) is 52.0 Å². The SMILES string of the molecule is Cc1cccc(C)c1-c1cc2nc(n1)NS(=O)(=O)c1cccc(c1)NCC(c1ccc(CC(C)(C)C)cc1)O2. The molecule has 1 unspecified atom stereocenters. The second kappa shape index (κ2) is 10.3. The van der Waals surface area contributed by atoms with E-state index in [1.54, 1.807) is 24.3 Å². The molecule has 0 saturated carbocycles. The van der Waals surface area contributed by atoms with Crippen molar-refractivity contribution in [3.05, 3.63) is 95.1 Å². The second-order valence-electron chi connectivity index (χ2n) is 11.3. The molecule has 5 rings (SSSR count). The van der Waals surface area contributed by atoms with Crippen LogP contribution in [0.15, 0.2) is 77.7 Å². The van der Waals surface area contributed by atoms with E-state index in [4.69, 9.17) is 4.74 Å².